The highest BCUT2D eigenvalue weighted by atomic mass is 15.2. The van der Waals surface area contributed by atoms with Crippen molar-refractivity contribution in [3.8, 4) is 0 Å². The van der Waals surface area contributed by atoms with Crippen LogP contribution in [0.1, 0.15) is 71.6 Å². The molecule has 0 bridgehead atoms. The van der Waals surface area contributed by atoms with Crippen LogP contribution in [-0.2, 0) is 0 Å². The van der Waals surface area contributed by atoms with Gasteiger partial charge in [-0.1, -0.05) is 39.5 Å². The van der Waals surface area contributed by atoms with Gasteiger partial charge in [-0.15, -0.1) is 0 Å². The number of hydrogen-bond donors (Lipinski definition) is 1. The van der Waals surface area contributed by atoms with Crippen LogP contribution in [0.4, 0.5) is 0 Å². The number of nitrogens with zero attached hydrogens (tertiary/aromatic N) is 1. The van der Waals surface area contributed by atoms with Gasteiger partial charge in [-0.2, -0.15) is 0 Å². The first kappa shape index (κ1) is 15.3. The van der Waals surface area contributed by atoms with E-state index in [1.54, 1.807) is 0 Å². The molecule has 2 rings (SSSR count). The van der Waals surface area contributed by atoms with Crippen molar-refractivity contribution in [3.63, 3.8) is 0 Å². The summed E-state index contributed by atoms with van der Waals surface area (Å²) < 4.78 is 0. The van der Waals surface area contributed by atoms with E-state index in [1.165, 1.54) is 70.9 Å². The molecule has 2 heteroatoms. The van der Waals surface area contributed by atoms with Crippen LogP contribution in [-0.4, -0.2) is 30.1 Å². The standard InChI is InChI=1S/C17H34N2/c1-15(2)16-8-7-10-17(14-18,11-9-16)19-12-5-3-4-6-13-19/h15-16H,3-14,18H2,1-2H3. The summed E-state index contributed by atoms with van der Waals surface area (Å²) in [7, 11) is 0. The van der Waals surface area contributed by atoms with Crippen LogP contribution in [0.2, 0.25) is 0 Å². The van der Waals surface area contributed by atoms with E-state index in [0.717, 1.165) is 18.4 Å². The highest BCUT2D eigenvalue weighted by molar-refractivity contribution is 4.95. The smallest absolute Gasteiger partial charge is 0.0331 e. The summed E-state index contributed by atoms with van der Waals surface area (Å²) in [6.07, 6.45) is 12.5. The van der Waals surface area contributed by atoms with Crippen LogP contribution in [0.25, 0.3) is 0 Å². The third-order valence-electron chi connectivity index (χ3n) is 5.80. The fourth-order valence-corrected chi connectivity index (χ4v) is 4.28. The fourth-order valence-electron chi connectivity index (χ4n) is 4.28. The van der Waals surface area contributed by atoms with Gasteiger partial charge in [-0.05, 0) is 57.0 Å². The quantitative estimate of drug-likeness (QED) is 0.787. The zero-order valence-electron chi connectivity index (χ0n) is 13.2. The molecule has 1 aliphatic carbocycles. The summed E-state index contributed by atoms with van der Waals surface area (Å²) in [5, 5.41) is 0. The number of hydrogen-bond acceptors (Lipinski definition) is 2. The SMILES string of the molecule is CC(C)C1CCCC(CN)(N2CCCCCC2)CC1. The predicted molar refractivity (Wildman–Crippen MR) is 83.2 cm³/mol. The van der Waals surface area contributed by atoms with Crippen molar-refractivity contribution in [2.24, 2.45) is 17.6 Å². The van der Waals surface area contributed by atoms with E-state index >= 15 is 0 Å². The fraction of sp³-hybridized carbons (Fsp3) is 1.00. The summed E-state index contributed by atoms with van der Waals surface area (Å²) in [6, 6.07) is 0. The predicted octanol–water partition coefficient (Wildman–Crippen LogP) is 3.80. The van der Waals surface area contributed by atoms with E-state index in [4.69, 9.17) is 5.73 Å². The van der Waals surface area contributed by atoms with Crippen molar-refractivity contribution in [2.45, 2.75) is 77.2 Å². The van der Waals surface area contributed by atoms with E-state index in [1.807, 2.05) is 0 Å². The highest BCUT2D eigenvalue weighted by Crippen LogP contribution is 2.37. The molecule has 0 radical (unpaired) electrons. The Morgan fingerprint density at radius 3 is 2.26 bits per heavy atom. The van der Waals surface area contributed by atoms with Gasteiger partial charge >= 0.3 is 0 Å². The van der Waals surface area contributed by atoms with Crippen LogP contribution in [0.3, 0.4) is 0 Å². The minimum absolute atomic E-state index is 0.341. The van der Waals surface area contributed by atoms with Gasteiger partial charge in [0, 0.05) is 12.1 Å². The summed E-state index contributed by atoms with van der Waals surface area (Å²) in [6.45, 7) is 8.25. The van der Waals surface area contributed by atoms with Crippen molar-refractivity contribution in [1.82, 2.24) is 4.90 Å². The topological polar surface area (TPSA) is 29.3 Å². The van der Waals surface area contributed by atoms with Gasteiger partial charge in [0.05, 0.1) is 0 Å². The molecule has 0 aromatic rings. The number of rotatable bonds is 3. The Hall–Kier alpha value is -0.0800. The maximum atomic E-state index is 6.27. The van der Waals surface area contributed by atoms with E-state index in [-0.39, 0.29) is 0 Å². The van der Waals surface area contributed by atoms with E-state index in [2.05, 4.69) is 18.7 Å². The molecule has 0 amide bonds. The molecule has 0 aromatic carbocycles. The van der Waals surface area contributed by atoms with Crippen LogP contribution >= 0.6 is 0 Å². The average Bonchev–Trinajstić information content (AvgIpc) is 2.80. The molecule has 1 saturated heterocycles. The minimum Gasteiger partial charge on any atom is -0.329 e. The Labute approximate surface area is 120 Å². The molecule has 1 aliphatic heterocycles. The first-order valence-electron chi connectivity index (χ1n) is 8.63. The van der Waals surface area contributed by atoms with Gasteiger partial charge in [0.15, 0.2) is 0 Å². The lowest BCUT2D eigenvalue weighted by molar-refractivity contribution is 0.0798. The van der Waals surface area contributed by atoms with Crippen LogP contribution in [0.5, 0.6) is 0 Å². The Morgan fingerprint density at radius 1 is 1.00 bits per heavy atom. The molecule has 2 unspecified atom stereocenters. The van der Waals surface area contributed by atoms with Crippen molar-refractivity contribution in [2.75, 3.05) is 19.6 Å². The Balaban J connectivity index is 2.04. The highest BCUT2D eigenvalue weighted by Gasteiger charge is 2.37. The van der Waals surface area contributed by atoms with Crippen LogP contribution in [0.15, 0.2) is 0 Å². The number of likely N-dealkylation sites (tertiary alicyclic amines) is 1. The molecule has 1 heterocycles. The van der Waals surface area contributed by atoms with Crippen molar-refractivity contribution in [1.29, 1.82) is 0 Å². The molecule has 0 aromatic heterocycles. The minimum atomic E-state index is 0.341. The molecule has 1 saturated carbocycles. The molecule has 112 valence electrons. The molecular weight excluding hydrogens is 232 g/mol. The largest absolute Gasteiger partial charge is 0.329 e. The van der Waals surface area contributed by atoms with Gasteiger partial charge in [0.25, 0.3) is 0 Å². The second kappa shape index (κ2) is 7.08. The Morgan fingerprint density at radius 2 is 1.68 bits per heavy atom. The maximum absolute atomic E-state index is 6.27. The van der Waals surface area contributed by atoms with Gasteiger partial charge in [0.2, 0.25) is 0 Å². The molecule has 2 aliphatic rings. The van der Waals surface area contributed by atoms with Gasteiger partial charge in [-0.25, -0.2) is 0 Å². The van der Waals surface area contributed by atoms with Crippen LogP contribution in [0, 0.1) is 11.8 Å². The summed E-state index contributed by atoms with van der Waals surface area (Å²) in [4.78, 5) is 2.78. The van der Waals surface area contributed by atoms with Crippen molar-refractivity contribution in [3.05, 3.63) is 0 Å². The molecule has 0 spiro atoms. The third kappa shape index (κ3) is 3.72. The lowest BCUT2D eigenvalue weighted by Crippen LogP contribution is -2.54. The molecule has 2 atom stereocenters. The maximum Gasteiger partial charge on any atom is 0.0331 e. The zero-order chi connectivity index (χ0) is 13.7. The van der Waals surface area contributed by atoms with E-state index in [9.17, 15) is 0 Å². The molecule has 2 N–H and O–H groups in total. The first-order chi connectivity index (χ1) is 9.18. The summed E-state index contributed by atoms with van der Waals surface area (Å²) in [5.74, 6) is 1.78. The van der Waals surface area contributed by atoms with Gasteiger partial charge in [-0.3, -0.25) is 4.90 Å². The lowest BCUT2D eigenvalue weighted by atomic mass is 9.85. The molecule has 2 fully saturated rings. The average molecular weight is 266 g/mol. The lowest BCUT2D eigenvalue weighted by Gasteiger charge is -2.43. The number of nitrogens with two attached hydrogens (primary N) is 1. The van der Waals surface area contributed by atoms with Crippen LogP contribution < -0.4 is 5.73 Å². The molecule has 2 nitrogen and oxygen atoms in total. The first-order valence-corrected chi connectivity index (χ1v) is 8.63. The molecule has 19 heavy (non-hydrogen) atoms. The van der Waals surface area contributed by atoms with Gasteiger partial charge < -0.3 is 5.73 Å². The molecular formula is C17H34N2. The normalized spacial score (nSPS) is 35.1. The summed E-state index contributed by atoms with van der Waals surface area (Å²) >= 11 is 0. The van der Waals surface area contributed by atoms with Crippen molar-refractivity contribution >= 4 is 0 Å². The van der Waals surface area contributed by atoms with E-state index < -0.39 is 0 Å². The second-order valence-corrected chi connectivity index (χ2v) is 7.26. The second-order valence-electron chi connectivity index (χ2n) is 7.26. The summed E-state index contributed by atoms with van der Waals surface area (Å²) in [5.41, 5.74) is 6.61. The van der Waals surface area contributed by atoms with Gasteiger partial charge in [0.1, 0.15) is 0 Å². The third-order valence-corrected chi connectivity index (χ3v) is 5.80. The Bertz CT molecular complexity index is 256. The van der Waals surface area contributed by atoms with E-state index in [0.29, 0.717) is 5.54 Å². The monoisotopic (exact) mass is 266 g/mol. The Kier molecular flexibility index (Phi) is 5.70. The zero-order valence-corrected chi connectivity index (χ0v) is 13.2. The van der Waals surface area contributed by atoms with Crippen molar-refractivity contribution < 1.29 is 0 Å².